The first-order chi connectivity index (χ1) is 13.3. The van der Waals surface area contributed by atoms with Gasteiger partial charge >= 0.3 is 0 Å². The molecular formula is C19H22N2O5S2. The van der Waals surface area contributed by atoms with E-state index in [0.717, 1.165) is 11.3 Å². The van der Waals surface area contributed by atoms with Gasteiger partial charge in [-0.3, -0.25) is 4.79 Å². The number of piperazine rings is 1. The Hall–Kier alpha value is -2.23. The van der Waals surface area contributed by atoms with Crippen molar-refractivity contribution in [2.45, 2.75) is 16.7 Å². The smallest absolute Gasteiger partial charge is 0.238 e. The second-order valence-corrected chi connectivity index (χ2v) is 9.64. The number of nitrogens with zero attached hydrogens (tertiary/aromatic N) is 2. The molecule has 0 radical (unpaired) electrons. The van der Waals surface area contributed by atoms with Crippen LogP contribution < -0.4 is 4.90 Å². The van der Waals surface area contributed by atoms with E-state index in [-0.39, 0.29) is 4.90 Å². The number of amides is 1. The molecule has 0 bridgehead atoms. The van der Waals surface area contributed by atoms with E-state index in [2.05, 4.69) is 4.90 Å². The van der Waals surface area contributed by atoms with Crippen LogP contribution in [-0.2, 0) is 25.7 Å². The van der Waals surface area contributed by atoms with Gasteiger partial charge in [0.05, 0.1) is 9.79 Å². The molecule has 7 nitrogen and oxygen atoms in total. The second-order valence-electron chi connectivity index (χ2n) is 6.68. The van der Waals surface area contributed by atoms with Crippen molar-refractivity contribution in [3.8, 4) is 0 Å². The average molecular weight is 423 g/mol. The fourth-order valence-electron chi connectivity index (χ4n) is 3.07. The lowest BCUT2D eigenvalue weighted by Gasteiger charge is -2.36. The third-order valence-corrected chi connectivity index (χ3v) is 7.02. The molecule has 1 heterocycles. The Morgan fingerprint density at radius 2 is 1.57 bits per heavy atom. The van der Waals surface area contributed by atoms with E-state index in [4.69, 9.17) is 4.55 Å². The number of aryl methyl sites for hydroxylation is 1. The highest BCUT2D eigenvalue weighted by Gasteiger charge is 2.26. The molecule has 1 N–H and O–H groups in total. The highest BCUT2D eigenvalue weighted by molar-refractivity contribution is 7.92. The molecule has 1 aliphatic rings. The summed E-state index contributed by atoms with van der Waals surface area (Å²) in [6.07, 6.45) is 0. The van der Waals surface area contributed by atoms with Gasteiger partial charge in [0.15, 0.2) is 20.9 Å². The molecule has 0 spiro atoms. The summed E-state index contributed by atoms with van der Waals surface area (Å²) in [6, 6.07) is 13.2. The zero-order valence-electron chi connectivity index (χ0n) is 15.4. The van der Waals surface area contributed by atoms with Crippen molar-refractivity contribution < 1.29 is 22.0 Å². The Labute approximate surface area is 167 Å². The van der Waals surface area contributed by atoms with Gasteiger partial charge in [0.25, 0.3) is 0 Å². The van der Waals surface area contributed by atoms with Crippen LogP contribution in [0.4, 0.5) is 5.69 Å². The molecule has 1 unspecified atom stereocenters. The van der Waals surface area contributed by atoms with Crippen LogP contribution in [0.2, 0.25) is 0 Å². The molecule has 3 rings (SSSR count). The fourth-order valence-corrected chi connectivity index (χ4v) is 4.66. The summed E-state index contributed by atoms with van der Waals surface area (Å²) in [5, 5.41) is 0. The zero-order valence-corrected chi connectivity index (χ0v) is 17.1. The van der Waals surface area contributed by atoms with Crippen molar-refractivity contribution in [2.75, 3.05) is 36.8 Å². The maximum Gasteiger partial charge on any atom is 0.238 e. The van der Waals surface area contributed by atoms with Gasteiger partial charge in [-0.25, -0.2) is 12.6 Å². The second kappa shape index (κ2) is 8.42. The minimum atomic E-state index is -3.66. The molecule has 0 aliphatic carbocycles. The van der Waals surface area contributed by atoms with Crippen LogP contribution in [0.5, 0.6) is 0 Å². The van der Waals surface area contributed by atoms with E-state index in [9.17, 15) is 17.4 Å². The van der Waals surface area contributed by atoms with Gasteiger partial charge in [0.1, 0.15) is 5.75 Å². The number of benzene rings is 2. The SMILES string of the molecule is Cc1ccc(S(=O)(=O)CC(=O)N2CCN(c3ccc(S(=O)O)cc3)CC2)cc1. The van der Waals surface area contributed by atoms with Crippen LogP contribution in [0.1, 0.15) is 5.56 Å². The first-order valence-corrected chi connectivity index (χ1v) is 11.6. The summed E-state index contributed by atoms with van der Waals surface area (Å²) >= 11 is -2.01. The minimum Gasteiger partial charge on any atom is -0.368 e. The van der Waals surface area contributed by atoms with Crippen molar-refractivity contribution in [1.29, 1.82) is 0 Å². The molecule has 1 fully saturated rings. The van der Waals surface area contributed by atoms with Crippen molar-refractivity contribution in [1.82, 2.24) is 4.90 Å². The van der Waals surface area contributed by atoms with Crippen LogP contribution in [0, 0.1) is 6.92 Å². The molecule has 150 valence electrons. The molecule has 28 heavy (non-hydrogen) atoms. The van der Waals surface area contributed by atoms with Crippen LogP contribution in [0.15, 0.2) is 58.3 Å². The summed E-state index contributed by atoms with van der Waals surface area (Å²) in [6.45, 7) is 3.86. The van der Waals surface area contributed by atoms with Gasteiger partial charge in [-0.1, -0.05) is 17.7 Å². The topological polar surface area (TPSA) is 95.0 Å². The molecular weight excluding hydrogens is 400 g/mol. The first-order valence-electron chi connectivity index (χ1n) is 8.79. The lowest BCUT2D eigenvalue weighted by molar-refractivity contribution is -0.128. The van der Waals surface area contributed by atoms with Gasteiger partial charge in [0.2, 0.25) is 5.91 Å². The molecule has 1 atom stereocenters. The molecule has 2 aromatic rings. The third-order valence-electron chi connectivity index (χ3n) is 4.73. The van der Waals surface area contributed by atoms with Crippen molar-refractivity contribution in [3.63, 3.8) is 0 Å². The van der Waals surface area contributed by atoms with E-state index >= 15 is 0 Å². The minimum absolute atomic E-state index is 0.159. The Morgan fingerprint density at radius 3 is 2.11 bits per heavy atom. The van der Waals surface area contributed by atoms with Crippen LogP contribution in [0.25, 0.3) is 0 Å². The predicted octanol–water partition coefficient (Wildman–Crippen LogP) is 1.70. The Morgan fingerprint density at radius 1 is 1.00 bits per heavy atom. The predicted molar refractivity (Wildman–Crippen MR) is 108 cm³/mol. The molecule has 1 amide bonds. The van der Waals surface area contributed by atoms with Gasteiger partial charge in [-0.05, 0) is 43.3 Å². The van der Waals surface area contributed by atoms with Crippen LogP contribution in [-0.4, -0.2) is 59.9 Å². The van der Waals surface area contributed by atoms with Gasteiger partial charge < -0.3 is 14.4 Å². The molecule has 0 saturated carbocycles. The molecule has 0 aromatic heterocycles. The largest absolute Gasteiger partial charge is 0.368 e. The summed E-state index contributed by atoms with van der Waals surface area (Å²) in [5.41, 5.74) is 1.85. The maximum atomic E-state index is 12.5. The molecule has 2 aromatic carbocycles. The fraction of sp³-hybridized carbons (Fsp3) is 0.316. The monoisotopic (exact) mass is 422 g/mol. The number of rotatable bonds is 5. The van der Waals surface area contributed by atoms with E-state index in [1.807, 2.05) is 6.92 Å². The van der Waals surface area contributed by atoms with Crippen LogP contribution >= 0.6 is 0 Å². The Bertz CT molecular complexity index is 964. The summed E-state index contributed by atoms with van der Waals surface area (Å²) in [5.74, 6) is -0.932. The van der Waals surface area contributed by atoms with Gasteiger partial charge in [-0.15, -0.1) is 0 Å². The number of hydrogen-bond donors (Lipinski definition) is 1. The summed E-state index contributed by atoms with van der Waals surface area (Å²) < 4.78 is 45.1. The Balaban J connectivity index is 1.59. The van der Waals surface area contributed by atoms with Crippen molar-refractivity contribution in [3.05, 3.63) is 54.1 Å². The molecule has 1 saturated heterocycles. The van der Waals surface area contributed by atoms with Crippen LogP contribution in [0.3, 0.4) is 0 Å². The van der Waals surface area contributed by atoms with Gasteiger partial charge in [-0.2, -0.15) is 0 Å². The molecule has 9 heteroatoms. The van der Waals surface area contributed by atoms with Crippen molar-refractivity contribution >= 4 is 32.5 Å². The number of anilines is 1. The highest BCUT2D eigenvalue weighted by Crippen LogP contribution is 2.19. The van der Waals surface area contributed by atoms with E-state index in [1.165, 1.54) is 12.1 Å². The third kappa shape index (κ3) is 4.78. The lowest BCUT2D eigenvalue weighted by atomic mass is 10.2. The number of hydrogen-bond acceptors (Lipinski definition) is 5. The zero-order chi connectivity index (χ0) is 20.3. The number of carbonyl (C=O) groups excluding carboxylic acids is 1. The normalized spacial score (nSPS) is 16.1. The number of sulfone groups is 1. The summed E-state index contributed by atoms with van der Waals surface area (Å²) in [4.78, 5) is 16.6. The van der Waals surface area contributed by atoms with E-state index in [1.54, 1.807) is 41.3 Å². The quantitative estimate of drug-likeness (QED) is 0.737. The first kappa shape index (κ1) is 20.5. The lowest BCUT2D eigenvalue weighted by Crippen LogP contribution is -2.50. The van der Waals surface area contributed by atoms with Gasteiger partial charge in [0, 0.05) is 31.9 Å². The highest BCUT2D eigenvalue weighted by atomic mass is 32.2. The van der Waals surface area contributed by atoms with E-state index < -0.39 is 32.6 Å². The van der Waals surface area contributed by atoms with E-state index in [0.29, 0.717) is 31.1 Å². The number of carbonyl (C=O) groups is 1. The maximum absolute atomic E-state index is 12.5. The standard InChI is InChI=1S/C19H22N2O5S2/c1-15-2-8-18(9-3-15)28(25,26)14-19(22)21-12-10-20(11-13-21)16-4-6-17(7-5-16)27(23)24/h2-9H,10-14H2,1H3,(H,23,24). The average Bonchev–Trinajstić information content (AvgIpc) is 2.68. The van der Waals surface area contributed by atoms with Crippen molar-refractivity contribution in [2.24, 2.45) is 0 Å². The Kier molecular flexibility index (Phi) is 6.17. The summed E-state index contributed by atoms with van der Waals surface area (Å²) in [7, 11) is -3.66. The molecule has 1 aliphatic heterocycles.